The number of hydrogen-bond acceptors (Lipinski definition) is 4. The number of rotatable bonds is 6. The molecule has 1 aromatic heterocycles. The number of hydrogen-bond donors (Lipinski definition) is 2. The standard InChI is InChI=1S/C13H22N2O3S2/c1-3-15-8-11(7-10(15)9-16)20(17,18)14-12-5-4-6-13(12)19-2/h7-8,12-14,16H,3-6,9H2,1-2H3. The number of aromatic nitrogens is 1. The zero-order valence-electron chi connectivity index (χ0n) is 11.9. The van der Waals surface area contributed by atoms with E-state index in [9.17, 15) is 13.5 Å². The van der Waals surface area contributed by atoms with Gasteiger partial charge in [-0.2, -0.15) is 11.8 Å². The lowest BCUT2D eigenvalue weighted by Crippen LogP contribution is -2.38. The number of nitrogens with one attached hydrogen (secondary N) is 1. The van der Waals surface area contributed by atoms with E-state index in [2.05, 4.69) is 4.72 Å². The van der Waals surface area contributed by atoms with Crippen LogP contribution in [0.1, 0.15) is 31.9 Å². The molecule has 5 nitrogen and oxygen atoms in total. The summed E-state index contributed by atoms with van der Waals surface area (Å²) in [6, 6.07) is 1.56. The van der Waals surface area contributed by atoms with Crippen molar-refractivity contribution in [1.29, 1.82) is 0 Å². The largest absolute Gasteiger partial charge is 0.390 e. The van der Waals surface area contributed by atoms with Crippen molar-refractivity contribution >= 4 is 21.8 Å². The minimum Gasteiger partial charge on any atom is -0.390 e. The zero-order valence-corrected chi connectivity index (χ0v) is 13.5. The molecule has 1 heterocycles. The Morgan fingerprint density at radius 3 is 2.80 bits per heavy atom. The van der Waals surface area contributed by atoms with Crippen LogP contribution in [0, 0.1) is 0 Å². The first kappa shape index (κ1) is 15.9. The summed E-state index contributed by atoms with van der Waals surface area (Å²) in [7, 11) is -3.50. The lowest BCUT2D eigenvalue weighted by Gasteiger charge is -2.18. The first-order valence-corrected chi connectivity index (χ1v) is 9.64. The van der Waals surface area contributed by atoms with Crippen LogP contribution in [-0.2, 0) is 23.2 Å². The first-order chi connectivity index (χ1) is 9.51. The average Bonchev–Trinajstić information content (AvgIpc) is 3.03. The second kappa shape index (κ2) is 6.51. The minimum absolute atomic E-state index is 0.0116. The van der Waals surface area contributed by atoms with Gasteiger partial charge in [0.1, 0.15) is 0 Å². The van der Waals surface area contributed by atoms with Crippen molar-refractivity contribution in [2.24, 2.45) is 0 Å². The number of sulfonamides is 1. The summed E-state index contributed by atoms with van der Waals surface area (Å²) >= 11 is 1.72. The van der Waals surface area contributed by atoms with Crippen LogP contribution in [-0.4, -0.2) is 35.6 Å². The second-order valence-corrected chi connectivity index (χ2v) is 7.83. The fraction of sp³-hybridized carbons (Fsp3) is 0.692. The highest BCUT2D eigenvalue weighted by Crippen LogP contribution is 2.29. The van der Waals surface area contributed by atoms with Gasteiger partial charge in [-0.15, -0.1) is 0 Å². The summed E-state index contributed by atoms with van der Waals surface area (Å²) in [6.07, 6.45) is 6.64. The molecule has 7 heteroatoms. The normalized spacial score (nSPS) is 23.4. The Balaban J connectivity index is 2.20. The summed E-state index contributed by atoms with van der Waals surface area (Å²) in [5.74, 6) is 0. The first-order valence-electron chi connectivity index (χ1n) is 6.86. The number of nitrogens with zero attached hydrogens (tertiary/aromatic N) is 1. The highest BCUT2D eigenvalue weighted by molar-refractivity contribution is 7.99. The third kappa shape index (κ3) is 3.21. The fourth-order valence-electron chi connectivity index (χ4n) is 2.71. The molecule has 114 valence electrons. The lowest BCUT2D eigenvalue weighted by molar-refractivity contribution is 0.271. The Bertz CT molecular complexity index is 532. The molecule has 0 aromatic carbocycles. The number of thioether (sulfide) groups is 1. The molecule has 2 rings (SSSR count). The van der Waals surface area contributed by atoms with E-state index in [-0.39, 0.29) is 17.5 Å². The van der Waals surface area contributed by atoms with E-state index < -0.39 is 10.0 Å². The van der Waals surface area contributed by atoms with Crippen LogP contribution in [0.4, 0.5) is 0 Å². The summed E-state index contributed by atoms with van der Waals surface area (Å²) in [5.41, 5.74) is 0.626. The third-order valence-electron chi connectivity index (χ3n) is 3.84. The zero-order chi connectivity index (χ0) is 14.8. The molecule has 2 unspecified atom stereocenters. The molecule has 1 aliphatic rings. The summed E-state index contributed by atoms with van der Waals surface area (Å²) < 4.78 is 29.4. The Morgan fingerprint density at radius 2 is 2.25 bits per heavy atom. The van der Waals surface area contributed by atoms with Crippen molar-refractivity contribution < 1.29 is 13.5 Å². The maximum Gasteiger partial charge on any atom is 0.242 e. The van der Waals surface area contributed by atoms with Gasteiger partial charge in [0.15, 0.2) is 0 Å². The van der Waals surface area contributed by atoms with Crippen LogP contribution in [0.2, 0.25) is 0 Å². The molecule has 20 heavy (non-hydrogen) atoms. The molecule has 2 atom stereocenters. The van der Waals surface area contributed by atoms with Gasteiger partial charge in [-0.05, 0) is 32.1 Å². The highest BCUT2D eigenvalue weighted by atomic mass is 32.2. The van der Waals surface area contributed by atoms with Crippen molar-refractivity contribution in [2.75, 3.05) is 6.26 Å². The van der Waals surface area contributed by atoms with Gasteiger partial charge < -0.3 is 9.67 Å². The lowest BCUT2D eigenvalue weighted by atomic mass is 10.3. The van der Waals surface area contributed by atoms with E-state index in [4.69, 9.17) is 0 Å². The van der Waals surface area contributed by atoms with Crippen LogP contribution in [0.3, 0.4) is 0 Å². The molecule has 0 bridgehead atoms. The van der Waals surface area contributed by atoms with E-state index in [0.29, 0.717) is 17.5 Å². The molecule has 0 radical (unpaired) electrons. The van der Waals surface area contributed by atoms with E-state index in [1.54, 1.807) is 28.6 Å². The third-order valence-corrected chi connectivity index (χ3v) is 6.46. The summed E-state index contributed by atoms with van der Waals surface area (Å²) in [5, 5.41) is 9.61. The van der Waals surface area contributed by atoms with E-state index in [1.807, 2.05) is 13.2 Å². The van der Waals surface area contributed by atoms with Gasteiger partial charge >= 0.3 is 0 Å². The highest BCUT2D eigenvalue weighted by Gasteiger charge is 2.31. The smallest absolute Gasteiger partial charge is 0.242 e. The summed E-state index contributed by atoms with van der Waals surface area (Å²) in [4.78, 5) is 0.246. The van der Waals surface area contributed by atoms with Gasteiger partial charge in [-0.1, -0.05) is 6.42 Å². The number of aryl methyl sites for hydroxylation is 1. The van der Waals surface area contributed by atoms with E-state index in [0.717, 1.165) is 19.3 Å². The molecule has 1 fully saturated rings. The molecule has 2 N–H and O–H groups in total. The molecule has 0 saturated heterocycles. The minimum atomic E-state index is -3.50. The topological polar surface area (TPSA) is 71.3 Å². The van der Waals surface area contributed by atoms with Gasteiger partial charge in [0.25, 0.3) is 0 Å². The molecular formula is C13H22N2O3S2. The predicted molar refractivity (Wildman–Crippen MR) is 81.3 cm³/mol. The SMILES string of the molecule is CCn1cc(S(=O)(=O)NC2CCCC2SC)cc1CO. The van der Waals surface area contributed by atoms with E-state index in [1.165, 1.54) is 0 Å². The maximum absolute atomic E-state index is 12.4. The van der Waals surface area contributed by atoms with Gasteiger partial charge in [-0.3, -0.25) is 0 Å². The molecule has 0 amide bonds. The maximum atomic E-state index is 12.4. The van der Waals surface area contributed by atoms with Crippen molar-refractivity contribution in [3.05, 3.63) is 18.0 Å². The number of aliphatic hydroxyl groups is 1. The van der Waals surface area contributed by atoms with Gasteiger partial charge in [-0.25, -0.2) is 13.1 Å². The van der Waals surface area contributed by atoms with Crippen LogP contribution in [0.15, 0.2) is 17.2 Å². The molecule has 1 saturated carbocycles. The monoisotopic (exact) mass is 318 g/mol. The summed E-state index contributed by atoms with van der Waals surface area (Å²) in [6.45, 7) is 2.41. The molecule has 1 aromatic rings. The van der Waals surface area contributed by atoms with Crippen molar-refractivity contribution in [3.63, 3.8) is 0 Å². The molecule has 0 spiro atoms. The number of aliphatic hydroxyl groups excluding tert-OH is 1. The van der Waals surface area contributed by atoms with Gasteiger partial charge in [0, 0.05) is 29.7 Å². The Labute approximate surface area is 124 Å². The van der Waals surface area contributed by atoms with Crippen LogP contribution in [0.5, 0.6) is 0 Å². The van der Waals surface area contributed by atoms with Gasteiger partial charge in [0.2, 0.25) is 10.0 Å². The van der Waals surface area contributed by atoms with Crippen molar-refractivity contribution in [1.82, 2.24) is 9.29 Å². The predicted octanol–water partition coefficient (Wildman–Crippen LogP) is 1.56. The van der Waals surface area contributed by atoms with Crippen molar-refractivity contribution in [3.8, 4) is 0 Å². The Morgan fingerprint density at radius 1 is 1.50 bits per heavy atom. The van der Waals surface area contributed by atoms with Crippen LogP contribution in [0.25, 0.3) is 0 Å². The molecular weight excluding hydrogens is 296 g/mol. The van der Waals surface area contributed by atoms with Gasteiger partial charge in [0.05, 0.1) is 11.5 Å². The quantitative estimate of drug-likeness (QED) is 0.835. The molecule has 0 aliphatic heterocycles. The second-order valence-electron chi connectivity index (χ2n) is 5.04. The Hall–Kier alpha value is -0.500. The Kier molecular flexibility index (Phi) is 5.17. The molecule has 1 aliphatic carbocycles. The average molecular weight is 318 g/mol. The van der Waals surface area contributed by atoms with Crippen LogP contribution < -0.4 is 4.72 Å². The van der Waals surface area contributed by atoms with Crippen molar-refractivity contribution in [2.45, 2.75) is 55.5 Å². The van der Waals surface area contributed by atoms with E-state index >= 15 is 0 Å². The fourth-order valence-corrected chi connectivity index (χ4v) is 5.10. The van der Waals surface area contributed by atoms with Crippen LogP contribution >= 0.6 is 11.8 Å².